The van der Waals surface area contributed by atoms with E-state index in [0.29, 0.717) is 11.9 Å². The number of halogens is 1. The smallest absolute Gasteiger partial charge is 0.309 e. The topological polar surface area (TPSA) is 67.9 Å². The Morgan fingerprint density at radius 3 is 2.33 bits per heavy atom. The van der Waals surface area contributed by atoms with Crippen molar-refractivity contribution in [2.45, 2.75) is 77.9 Å². The summed E-state index contributed by atoms with van der Waals surface area (Å²) in [5, 5.41) is 0. The third-order valence-corrected chi connectivity index (χ3v) is 4.73. The predicted octanol–water partition coefficient (Wildman–Crippen LogP) is 3.55. The van der Waals surface area contributed by atoms with Crippen molar-refractivity contribution in [1.29, 1.82) is 0 Å². The normalized spacial score (nSPS) is 28.9. The molecule has 1 saturated heterocycles. The molecule has 140 valence electrons. The zero-order valence-corrected chi connectivity index (χ0v) is 17.9. The van der Waals surface area contributed by atoms with Gasteiger partial charge >= 0.3 is 5.97 Å². The van der Waals surface area contributed by atoms with Crippen LogP contribution in [0.25, 0.3) is 0 Å². The van der Waals surface area contributed by atoms with Crippen molar-refractivity contribution < 1.29 is 9.53 Å². The second-order valence-electron chi connectivity index (χ2n) is 8.22. The van der Waals surface area contributed by atoms with Crippen LogP contribution in [0.3, 0.4) is 0 Å². The highest BCUT2D eigenvalue weighted by molar-refractivity contribution is 14.0. The summed E-state index contributed by atoms with van der Waals surface area (Å²) in [5.41, 5.74) is 5.80. The number of aliphatic imine (C=N–C) groups is 1. The minimum atomic E-state index is -0.401. The Morgan fingerprint density at radius 2 is 1.79 bits per heavy atom. The molecule has 1 unspecified atom stereocenters. The van der Waals surface area contributed by atoms with Gasteiger partial charge in [0, 0.05) is 13.1 Å². The van der Waals surface area contributed by atoms with E-state index in [1.165, 1.54) is 12.8 Å². The molecule has 5 nitrogen and oxygen atoms in total. The predicted molar refractivity (Wildman–Crippen MR) is 109 cm³/mol. The Balaban J connectivity index is 0.00000288. The number of ether oxygens (including phenoxy) is 1. The number of carbonyl (C=O) groups excluding carboxylic acids is 1. The lowest BCUT2D eigenvalue weighted by atomic mass is 9.86. The number of rotatable bonds is 2. The van der Waals surface area contributed by atoms with Gasteiger partial charge in [0.1, 0.15) is 5.60 Å². The number of piperidine rings is 1. The van der Waals surface area contributed by atoms with Crippen LogP contribution in [0, 0.1) is 11.8 Å². The second-order valence-corrected chi connectivity index (χ2v) is 8.22. The molecule has 0 aromatic heterocycles. The van der Waals surface area contributed by atoms with E-state index in [-0.39, 0.29) is 41.9 Å². The Hall–Kier alpha value is -0.530. The van der Waals surface area contributed by atoms with Gasteiger partial charge in [0.2, 0.25) is 0 Å². The molecule has 0 amide bonds. The highest BCUT2D eigenvalue weighted by Crippen LogP contribution is 2.29. The molecule has 1 aliphatic carbocycles. The summed E-state index contributed by atoms with van der Waals surface area (Å²) in [7, 11) is 0. The van der Waals surface area contributed by atoms with Crippen LogP contribution in [-0.4, -0.2) is 41.6 Å². The number of nitrogens with zero attached hydrogens (tertiary/aromatic N) is 2. The van der Waals surface area contributed by atoms with Crippen LogP contribution >= 0.6 is 24.0 Å². The van der Waals surface area contributed by atoms with Gasteiger partial charge in [-0.25, -0.2) is 4.99 Å². The molecule has 0 aromatic rings. The van der Waals surface area contributed by atoms with Crippen molar-refractivity contribution in [3.8, 4) is 0 Å². The minimum Gasteiger partial charge on any atom is -0.460 e. The fourth-order valence-electron chi connectivity index (χ4n) is 3.49. The van der Waals surface area contributed by atoms with E-state index in [1.807, 2.05) is 20.8 Å². The molecule has 1 saturated carbocycles. The molecule has 0 aromatic carbocycles. The molecule has 0 spiro atoms. The van der Waals surface area contributed by atoms with Crippen molar-refractivity contribution in [1.82, 2.24) is 4.90 Å². The Bertz CT molecular complexity index is 440. The van der Waals surface area contributed by atoms with Crippen molar-refractivity contribution in [3.63, 3.8) is 0 Å². The monoisotopic (exact) mass is 451 g/mol. The standard InChI is InChI=1S/C18H33N3O2.HI/c1-13-6-5-11-21(12-13)17(19)20-15-9-7-14(8-10-15)16(22)23-18(2,3)4;/h13-15H,5-12H2,1-4H3,(H2,19,20);1H. The van der Waals surface area contributed by atoms with Gasteiger partial charge in [0.05, 0.1) is 12.0 Å². The van der Waals surface area contributed by atoms with Crippen LogP contribution < -0.4 is 5.73 Å². The van der Waals surface area contributed by atoms with Crippen LogP contribution in [0.15, 0.2) is 4.99 Å². The van der Waals surface area contributed by atoms with Crippen LogP contribution in [0.2, 0.25) is 0 Å². The number of guanidine groups is 1. The molecule has 0 bridgehead atoms. The first-order valence-corrected chi connectivity index (χ1v) is 9.05. The molecule has 2 aliphatic rings. The molecular formula is C18H34IN3O2. The van der Waals surface area contributed by atoms with Crippen molar-refractivity contribution in [2.75, 3.05) is 13.1 Å². The van der Waals surface area contributed by atoms with Crippen LogP contribution in [-0.2, 0) is 9.53 Å². The average Bonchev–Trinajstić information content (AvgIpc) is 2.46. The SMILES string of the molecule is CC1CCCN(C(N)=NC2CCC(C(=O)OC(C)(C)C)CC2)C1.I. The number of hydrogen-bond acceptors (Lipinski definition) is 3. The maximum Gasteiger partial charge on any atom is 0.309 e. The zero-order chi connectivity index (χ0) is 17.0. The number of esters is 1. The van der Waals surface area contributed by atoms with Crippen molar-refractivity contribution in [2.24, 2.45) is 22.6 Å². The fourth-order valence-corrected chi connectivity index (χ4v) is 3.49. The maximum atomic E-state index is 12.1. The van der Waals surface area contributed by atoms with Crippen molar-refractivity contribution in [3.05, 3.63) is 0 Å². The Labute approximate surface area is 163 Å². The van der Waals surface area contributed by atoms with E-state index in [9.17, 15) is 4.79 Å². The number of carbonyl (C=O) groups is 1. The van der Waals surface area contributed by atoms with Gasteiger partial charge in [0.25, 0.3) is 0 Å². The number of hydrogen-bond donors (Lipinski definition) is 1. The summed E-state index contributed by atoms with van der Waals surface area (Å²) in [6, 6.07) is 0.255. The van der Waals surface area contributed by atoms with E-state index in [2.05, 4.69) is 11.8 Å². The van der Waals surface area contributed by atoms with E-state index in [0.717, 1.165) is 38.8 Å². The minimum absolute atomic E-state index is 0. The van der Waals surface area contributed by atoms with Crippen LogP contribution in [0.5, 0.6) is 0 Å². The average molecular weight is 451 g/mol. The highest BCUT2D eigenvalue weighted by atomic mass is 127. The molecule has 1 aliphatic heterocycles. The third-order valence-electron chi connectivity index (χ3n) is 4.73. The van der Waals surface area contributed by atoms with Gasteiger partial charge in [-0.1, -0.05) is 6.92 Å². The van der Waals surface area contributed by atoms with Crippen LogP contribution in [0.4, 0.5) is 0 Å². The van der Waals surface area contributed by atoms with E-state index in [1.54, 1.807) is 0 Å². The lowest BCUT2D eigenvalue weighted by Gasteiger charge is -2.33. The first-order valence-electron chi connectivity index (χ1n) is 9.05. The quantitative estimate of drug-likeness (QED) is 0.302. The Morgan fingerprint density at radius 1 is 1.17 bits per heavy atom. The Kier molecular flexibility index (Phi) is 8.29. The van der Waals surface area contributed by atoms with Gasteiger partial charge in [-0.15, -0.1) is 24.0 Å². The maximum absolute atomic E-state index is 12.1. The van der Waals surface area contributed by atoms with Gasteiger partial charge in [0.15, 0.2) is 5.96 Å². The lowest BCUT2D eigenvalue weighted by Crippen LogP contribution is -2.44. The van der Waals surface area contributed by atoms with Gasteiger partial charge in [-0.2, -0.15) is 0 Å². The van der Waals surface area contributed by atoms with Gasteiger partial charge in [-0.3, -0.25) is 4.79 Å². The molecule has 2 rings (SSSR count). The second kappa shape index (κ2) is 9.25. The summed E-state index contributed by atoms with van der Waals surface area (Å²) < 4.78 is 5.49. The highest BCUT2D eigenvalue weighted by Gasteiger charge is 2.30. The molecule has 2 fully saturated rings. The van der Waals surface area contributed by atoms with Crippen molar-refractivity contribution >= 4 is 35.9 Å². The number of likely N-dealkylation sites (tertiary alicyclic amines) is 1. The molecule has 1 heterocycles. The lowest BCUT2D eigenvalue weighted by molar-refractivity contribution is -0.161. The molecule has 24 heavy (non-hydrogen) atoms. The number of nitrogens with two attached hydrogens (primary N) is 1. The zero-order valence-electron chi connectivity index (χ0n) is 15.6. The molecule has 1 atom stereocenters. The van der Waals surface area contributed by atoms with E-state index >= 15 is 0 Å². The molecule has 6 heteroatoms. The molecular weight excluding hydrogens is 417 g/mol. The first-order chi connectivity index (χ1) is 10.7. The van der Waals surface area contributed by atoms with Crippen LogP contribution in [0.1, 0.15) is 66.2 Å². The fraction of sp³-hybridized carbons (Fsp3) is 0.889. The van der Waals surface area contributed by atoms with Gasteiger partial charge < -0.3 is 15.4 Å². The summed E-state index contributed by atoms with van der Waals surface area (Å²) in [6.45, 7) is 10.1. The summed E-state index contributed by atoms with van der Waals surface area (Å²) in [5.74, 6) is 1.35. The third kappa shape index (κ3) is 6.76. The first kappa shape index (κ1) is 21.5. The largest absolute Gasteiger partial charge is 0.460 e. The molecule has 0 radical (unpaired) electrons. The molecule has 2 N–H and O–H groups in total. The summed E-state index contributed by atoms with van der Waals surface area (Å²) in [4.78, 5) is 19.1. The summed E-state index contributed by atoms with van der Waals surface area (Å²) in [6.07, 6.45) is 6.04. The van der Waals surface area contributed by atoms with E-state index in [4.69, 9.17) is 15.5 Å². The van der Waals surface area contributed by atoms with Gasteiger partial charge in [-0.05, 0) is 65.2 Å². The van der Waals surface area contributed by atoms with E-state index < -0.39 is 5.60 Å². The summed E-state index contributed by atoms with van der Waals surface area (Å²) >= 11 is 0.